The molecule has 0 saturated carbocycles. The summed E-state index contributed by atoms with van der Waals surface area (Å²) >= 11 is 0. The van der Waals surface area contributed by atoms with E-state index in [1.165, 1.54) is 29.3 Å². The van der Waals surface area contributed by atoms with Crippen molar-refractivity contribution in [2.24, 2.45) is 0 Å². The number of carboxylic acids is 1. The quantitative estimate of drug-likeness (QED) is 0.528. The van der Waals surface area contributed by atoms with Gasteiger partial charge in [0.25, 0.3) is 0 Å². The molecule has 1 N–H and O–H groups in total. The maximum atomic E-state index is 13.0. The minimum absolute atomic E-state index is 0.00251. The highest BCUT2D eigenvalue weighted by Gasteiger charge is 2.38. The first kappa shape index (κ1) is 20.8. The van der Waals surface area contributed by atoms with Gasteiger partial charge in [0.15, 0.2) is 5.78 Å². The summed E-state index contributed by atoms with van der Waals surface area (Å²) in [5.74, 6) is -0.516. The minimum Gasteiger partial charge on any atom is -0.496 e. The summed E-state index contributed by atoms with van der Waals surface area (Å²) in [7, 11) is 1.59. The maximum absolute atomic E-state index is 13.0. The predicted molar refractivity (Wildman–Crippen MR) is 115 cm³/mol. The Bertz CT molecular complexity index is 979. The van der Waals surface area contributed by atoms with E-state index < -0.39 is 5.97 Å². The van der Waals surface area contributed by atoms with Crippen molar-refractivity contribution in [3.05, 3.63) is 70.3 Å². The van der Waals surface area contributed by atoms with E-state index in [0.717, 1.165) is 18.4 Å². The zero-order valence-electron chi connectivity index (χ0n) is 17.7. The first-order chi connectivity index (χ1) is 13.5. The molecule has 0 unspecified atom stereocenters. The molecule has 0 aromatic heterocycles. The fraction of sp³-hybridized carbons (Fsp3) is 0.360. The molecule has 0 fully saturated rings. The molecule has 29 heavy (non-hydrogen) atoms. The molecule has 0 bridgehead atoms. The Hall–Kier alpha value is -2.88. The van der Waals surface area contributed by atoms with Crippen molar-refractivity contribution < 1.29 is 19.4 Å². The van der Waals surface area contributed by atoms with Crippen molar-refractivity contribution in [3.63, 3.8) is 0 Å². The van der Waals surface area contributed by atoms with Crippen molar-refractivity contribution >= 4 is 17.8 Å². The summed E-state index contributed by atoms with van der Waals surface area (Å²) in [6.45, 7) is 8.93. The number of ketones is 1. The molecule has 152 valence electrons. The lowest BCUT2D eigenvalue weighted by molar-refractivity contribution is 0.0696. The summed E-state index contributed by atoms with van der Waals surface area (Å²) < 4.78 is 5.57. The molecule has 1 aliphatic carbocycles. The Morgan fingerprint density at radius 3 is 2.03 bits per heavy atom. The largest absolute Gasteiger partial charge is 0.496 e. The lowest BCUT2D eigenvalue weighted by Crippen LogP contribution is -2.34. The van der Waals surface area contributed by atoms with Crippen LogP contribution in [0.15, 0.2) is 42.5 Å². The molecule has 0 atom stereocenters. The SMILES string of the molecule is COc1cc2c(cc1C(=O)C=Cc1ccc(C(=O)O)cc1)C(C)(C)CCC2(C)C. The van der Waals surface area contributed by atoms with E-state index in [-0.39, 0.29) is 22.2 Å². The molecule has 2 aromatic rings. The second kappa shape index (κ2) is 7.51. The van der Waals surface area contributed by atoms with E-state index >= 15 is 0 Å². The summed E-state index contributed by atoms with van der Waals surface area (Å²) in [6, 6.07) is 10.4. The molecule has 0 spiro atoms. The van der Waals surface area contributed by atoms with E-state index in [0.29, 0.717) is 11.3 Å². The second-order valence-electron chi connectivity index (χ2n) is 8.99. The van der Waals surface area contributed by atoms with Crippen molar-refractivity contribution in [1.82, 2.24) is 0 Å². The van der Waals surface area contributed by atoms with Crippen molar-refractivity contribution in [2.75, 3.05) is 7.11 Å². The van der Waals surface area contributed by atoms with Gasteiger partial charge < -0.3 is 9.84 Å². The van der Waals surface area contributed by atoms with Crippen LogP contribution in [0.2, 0.25) is 0 Å². The Labute approximate surface area is 172 Å². The molecule has 4 nitrogen and oxygen atoms in total. The Morgan fingerprint density at radius 2 is 1.52 bits per heavy atom. The van der Waals surface area contributed by atoms with Gasteiger partial charge in [-0.2, -0.15) is 0 Å². The summed E-state index contributed by atoms with van der Waals surface area (Å²) in [4.78, 5) is 23.9. The van der Waals surface area contributed by atoms with E-state index in [2.05, 4.69) is 27.7 Å². The minimum atomic E-state index is -0.971. The summed E-state index contributed by atoms with van der Waals surface area (Å²) in [5, 5.41) is 8.99. The highest BCUT2D eigenvalue weighted by atomic mass is 16.5. The average Bonchev–Trinajstić information content (AvgIpc) is 2.69. The number of hydrogen-bond donors (Lipinski definition) is 1. The Morgan fingerprint density at radius 1 is 0.966 bits per heavy atom. The topological polar surface area (TPSA) is 63.6 Å². The second-order valence-corrected chi connectivity index (χ2v) is 8.99. The van der Waals surface area contributed by atoms with Crippen molar-refractivity contribution in [3.8, 4) is 5.75 Å². The summed E-state index contributed by atoms with van der Waals surface area (Å²) in [5.41, 5.74) is 4.03. The van der Waals surface area contributed by atoms with Gasteiger partial charge in [-0.25, -0.2) is 4.79 Å². The van der Waals surface area contributed by atoms with Crippen LogP contribution in [0, 0.1) is 0 Å². The van der Waals surface area contributed by atoms with Crippen LogP contribution in [-0.4, -0.2) is 24.0 Å². The molecular formula is C25H28O4. The van der Waals surface area contributed by atoms with Gasteiger partial charge in [0.1, 0.15) is 5.75 Å². The number of methoxy groups -OCH3 is 1. The van der Waals surface area contributed by atoms with Gasteiger partial charge in [-0.3, -0.25) is 4.79 Å². The molecule has 2 aromatic carbocycles. The van der Waals surface area contributed by atoms with Crippen LogP contribution in [0.3, 0.4) is 0 Å². The van der Waals surface area contributed by atoms with Gasteiger partial charge in [-0.15, -0.1) is 0 Å². The first-order valence-corrected chi connectivity index (χ1v) is 9.84. The predicted octanol–water partition coefficient (Wildman–Crippen LogP) is 5.64. The van der Waals surface area contributed by atoms with Gasteiger partial charge in [-0.05, 0) is 70.7 Å². The number of benzene rings is 2. The molecule has 0 amide bonds. The lowest BCUT2D eigenvalue weighted by atomic mass is 9.63. The van der Waals surface area contributed by atoms with E-state index in [1.54, 1.807) is 25.3 Å². The number of ether oxygens (including phenoxy) is 1. The maximum Gasteiger partial charge on any atom is 0.335 e. The molecule has 3 rings (SSSR count). The molecule has 1 aliphatic rings. The third-order valence-corrected chi connectivity index (χ3v) is 6.02. The van der Waals surface area contributed by atoms with E-state index in [1.807, 2.05) is 12.1 Å². The lowest BCUT2D eigenvalue weighted by Gasteiger charge is -2.42. The number of aromatic carboxylic acids is 1. The normalized spacial score (nSPS) is 17.0. The fourth-order valence-electron chi connectivity index (χ4n) is 3.95. The standard InChI is InChI=1S/C25H28O4/c1-24(2)12-13-25(3,4)20-15-22(29-5)18(14-19(20)24)21(26)11-8-16-6-9-17(10-7-16)23(27)28/h6-11,14-15H,12-13H2,1-5H3,(H,27,28). The number of hydrogen-bond acceptors (Lipinski definition) is 3. The number of carboxylic acid groups (broad SMARTS) is 1. The molecule has 4 heteroatoms. The van der Waals surface area contributed by atoms with Crippen LogP contribution in [0.25, 0.3) is 6.08 Å². The van der Waals surface area contributed by atoms with Crippen LogP contribution >= 0.6 is 0 Å². The van der Waals surface area contributed by atoms with Gasteiger partial charge in [0, 0.05) is 0 Å². The van der Waals surface area contributed by atoms with Crippen LogP contribution in [0.1, 0.15) is 77.9 Å². The number of rotatable bonds is 5. The van der Waals surface area contributed by atoms with Crippen LogP contribution < -0.4 is 4.74 Å². The number of carbonyl (C=O) groups excluding carboxylic acids is 1. The van der Waals surface area contributed by atoms with Crippen molar-refractivity contribution in [2.45, 2.75) is 51.4 Å². The molecule has 0 saturated heterocycles. The first-order valence-electron chi connectivity index (χ1n) is 9.84. The zero-order valence-corrected chi connectivity index (χ0v) is 17.7. The number of fused-ring (bicyclic) bond motifs is 1. The average molecular weight is 392 g/mol. The summed E-state index contributed by atoms with van der Waals surface area (Å²) in [6.07, 6.45) is 5.37. The third-order valence-electron chi connectivity index (χ3n) is 6.02. The monoisotopic (exact) mass is 392 g/mol. The van der Waals surface area contributed by atoms with E-state index in [9.17, 15) is 9.59 Å². The number of carbonyl (C=O) groups is 2. The van der Waals surface area contributed by atoms with Crippen LogP contribution in [-0.2, 0) is 10.8 Å². The highest BCUT2D eigenvalue weighted by Crippen LogP contribution is 2.47. The zero-order chi connectivity index (χ0) is 21.4. The number of allylic oxidation sites excluding steroid dienone is 1. The Balaban J connectivity index is 1.97. The van der Waals surface area contributed by atoms with Crippen LogP contribution in [0.5, 0.6) is 5.75 Å². The molecule has 0 radical (unpaired) electrons. The smallest absolute Gasteiger partial charge is 0.335 e. The molecular weight excluding hydrogens is 364 g/mol. The molecule has 0 heterocycles. The van der Waals surface area contributed by atoms with Crippen molar-refractivity contribution in [1.29, 1.82) is 0 Å². The van der Waals surface area contributed by atoms with Crippen LogP contribution in [0.4, 0.5) is 0 Å². The van der Waals surface area contributed by atoms with Gasteiger partial charge >= 0.3 is 5.97 Å². The van der Waals surface area contributed by atoms with Gasteiger partial charge in [0.2, 0.25) is 0 Å². The highest BCUT2D eigenvalue weighted by molar-refractivity contribution is 6.09. The van der Waals surface area contributed by atoms with E-state index in [4.69, 9.17) is 9.84 Å². The third kappa shape index (κ3) is 4.12. The molecule has 0 aliphatic heterocycles. The van der Waals surface area contributed by atoms with Gasteiger partial charge in [0.05, 0.1) is 18.2 Å². The Kier molecular flexibility index (Phi) is 5.40. The fourth-order valence-corrected chi connectivity index (χ4v) is 3.95. The van der Waals surface area contributed by atoms with Gasteiger partial charge in [-0.1, -0.05) is 45.9 Å².